The lowest BCUT2D eigenvalue weighted by molar-refractivity contribution is 0.486. The van der Waals surface area contributed by atoms with Crippen molar-refractivity contribution in [1.29, 1.82) is 0 Å². The Bertz CT molecular complexity index is 53.0. The number of nitrogens with one attached hydrogen (secondary N) is 2. The molecule has 0 saturated heterocycles. The van der Waals surface area contributed by atoms with E-state index in [0.29, 0.717) is 6.17 Å². The fourth-order valence-corrected chi connectivity index (χ4v) is 1.13. The van der Waals surface area contributed by atoms with Crippen LogP contribution in [0.5, 0.6) is 0 Å². The Morgan fingerprint density at radius 1 is 1.22 bits per heavy atom. The van der Waals surface area contributed by atoms with Crippen molar-refractivity contribution in [2.24, 2.45) is 0 Å². The second kappa shape index (κ2) is 6.52. The summed E-state index contributed by atoms with van der Waals surface area (Å²) in [5.41, 5.74) is 0. The van der Waals surface area contributed by atoms with Gasteiger partial charge in [-0.3, -0.25) is 0 Å². The van der Waals surface area contributed by atoms with Gasteiger partial charge in [0.15, 0.2) is 0 Å². The summed E-state index contributed by atoms with van der Waals surface area (Å²) in [5, 5.41) is 7.52. The molecule has 0 aromatic rings. The van der Waals surface area contributed by atoms with Gasteiger partial charge in [-0.2, -0.15) is 0 Å². The molecule has 0 aromatic heterocycles. The zero-order valence-corrected chi connectivity index (χ0v) is 7.66. The van der Waals surface area contributed by atoms with Crippen LogP contribution >= 0.6 is 15.9 Å². The lowest BCUT2D eigenvalue weighted by atomic mass is 10.5. The van der Waals surface area contributed by atoms with Gasteiger partial charge >= 0.3 is 0 Å². The highest BCUT2D eigenvalue weighted by molar-refractivity contribution is 9.09. The summed E-state index contributed by atoms with van der Waals surface area (Å²) < 4.78 is 0. The van der Waals surface area contributed by atoms with Crippen LogP contribution in [0.25, 0.3) is 0 Å². The highest BCUT2D eigenvalue weighted by atomic mass is 79.9. The van der Waals surface area contributed by atoms with Crippen LogP contribution in [0.1, 0.15) is 13.8 Å². The van der Waals surface area contributed by atoms with E-state index < -0.39 is 0 Å². The first-order chi connectivity index (χ1) is 4.35. The topological polar surface area (TPSA) is 24.1 Å². The van der Waals surface area contributed by atoms with Gasteiger partial charge in [0.1, 0.15) is 0 Å². The first-order valence-electron chi connectivity index (χ1n) is 3.37. The van der Waals surface area contributed by atoms with E-state index in [0.717, 1.165) is 18.4 Å². The number of hydrogen-bond donors (Lipinski definition) is 2. The largest absolute Gasteiger partial charge is 0.301 e. The van der Waals surface area contributed by atoms with Gasteiger partial charge in [0.2, 0.25) is 0 Å². The molecule has 0 aliphatic heterocycles. The number of halogens is 1. The molecular formula is C6H15BrN2. The van der Waals surface area contributed by atoms with Gasteiger partial charge in [-0.25, -0.2) is 0 Å². The van der Waals surface area contributed by atoms with Gasteiger partial charge in [-0.1, -0.05) is 29.8 Å². The van der Waals surface area contributed by atoms with E-state index in [2.05, 4.69) is 40.4 Å². The van der Waals surface area contributed by atoms with Gasteiger partial charge in [-0.05, 0) is 13.1 Å². The van der Waals surface area contributed by atoms with Crippen LogP contribution in [0.2, 0.25) is 0 Å². The van der Waals surface area contributed by atoms with Crippen molar-refractivity contribution in [1.82, 2.24) is 10.6 Å². The molecule has 0 aromatic carbocycles. The van der Waals surface area contributed by atoms with Gasteiger partial charge in [0.25, 0.3) is 0 Å². The second-order valence-corrected chi connectivity index (χ2v) is 2.47. The van der Waals surface area contributed by atoms with E-state index in [1.807, 2.05) is 0 Å². The summed E-state index contributed by atoms with van der Waals surface area (Å²) in [6, 6.07) is 0. The van der Waals surface area contributed by atoms with Gasteiger partial charge in [0.05, 0.1) is 6.17 Å². The Hall–Kier alpha value is 0.400. The fraction of sp³-hybridized carbons (Fsp3) is 1.00. The highest BCUT2D eigenvalue weighted by Gasteiger charge is 1.99. The van der Waals surface area contributed by atoms with Crippen LogP contribution < -0.4 is 10.6 Å². The van der Waals surface area contributed by atoms with Crippen LogP contribution in [0.15, 0.2) is 0 Å². The molecular weight excluding hydrogens is 180 g/mol. The van der Waals surface area contributed by atoms with Crippen molar-refractivity contribution in [3.8, 4) is 0 Å². The van der Waals surface area contributed by atoms with Crippen molar-refractivity contribution >= 4 is 15.9 Å². The molecule has 0 spiro atoms. The fourth-order valence-electron chi connectivity index (χ4n) is 0.674. The van der Waals surface area contributed by atoms with Crippen LogP contribution in [0, 0.1) is 0 Å². The molecule has 0 aliphatic rings. The SMILES string of the molecule is CCNC(CBr)NCC. The van der Waals surface area contributed by atoms with Crippen LogP contribution in [0.4, 0.5) is 0 Å². The molecule has 0 rings (SSSR count). The Balaban J connectivity index is 3.18. The quantitative estimate of drug-likeness (QED) is 0.503. The minimum absolute atomic E-state index is 0.431. The van der Waals surface area contributed by atoms with E-state index in [-0.39, 0.29) is 0 Å². The molecule has 9 heavy (non-hydrogen) atoms. The highest BCUT2D eigenvalue weighted by Crippen LogP contribution is 1.84. The standard InChI is InChI=1S/C6H15BrN2/c1-3-8-6(5-7)9-4-2/h6,8-9H,3-5H2,1-2H3. The summed E-state index contributed by atoms with van der Waals surface area (Å²) in [5.74, 6) is 0. The minimum Gasteiger partial charge on any atom is -0.301 e. The molecule has 0 saturated carbocycles. The summed E-state index contributed by atoms with van der Waals surface area (Å²) >= 11 is 3.39. The Labute approximate surface area is 65.5 Å². The number of hydrogen-bond acceptors (Lipinski definition) is 2. The molecule has 0 amide bonds. The van der Waals surface area contributed by atoms with Gasteiger partial charge < -0.3 is 10.6 Å². The third-order valence-electron chi connectivity index (χ3n) is 1.06. The zero-order valence-electron chi connectivity index (χ0n) is 6.08. The molecule has 56 valence electrons. The minimum atomic E-state index is 0.431. The monoisotopic (exact) mass is 194 g/mol. The molecule has 2 N–H and O–H groups in total. The van der Waals surface area contributed by atoms with Crippen LogP contribution in [-0.4, -0.2) is 24.6 Å². The van der Waals surface area contributed by atoms with Crippen molar-refractivity contribution in [2.75, 3.05) is 18.4 Å². The molecule has 0 unspecified atom stereocenters. The summed E-state index contributed by atoms with van der Waals surface area (Å²) in [6.45, 7) is 6.24. The molecule has 2 nitrogen and oxygen atoms in total. The van der Waals surface area contributed by atoms with Gasteiger partial charge in [-0.15, -0.1) is 0 Å². The Kier molecular flexibility index (Phi) is 6.81. The maximum Gasteiger partial charge on any atom is 0.0671 e. The lowest BCUT2D eigenvalue weighted by Gasteiger charge is -2.14. The zero-order chi connectivity index (χ0) is 7.11. The van der Waals surface area contributed by atoms with E-state index >= 15 is 0 Å². The van der Waals surface area contributed by atoms with Crippen molar-refractivity contribution in [3.05, 3.63) is 0 Å². The van der Waals surface area contributed by atoms with Crippen molar-refractivity contribution in [2.45, 2.75) is 20.0 Å². The first-order valence-corrected chi connectivity index (χ1v) is 4.50. The molecule has 0 bridgehead atoms. The van der Waals surface area contributed by atoms with Crippen molar-refractivity contribution < 1.29 is 0 Å². The average Bonchev–Trinajstić information content (AvgIpc) is 1.88. The Morgan fingerprint density at radius 3 is 1.89 bits per heavy atom. The normalized spacial score (nSPS) is 10.7. The first kappa shape index (κ1) is 9.40. The molecule has 0 aliphatic carbocycles. The predicted molar refractivity (Wildman–Crippen MR) is 44.9 cm³/mol. The third kappa shape index (κ3) is 4.88. The van der Waals surface area contributed by atoms with E-state index in [4.69, 9.17) is 0 Å². The second-order valence-electron chi connectivity index (χ2n) is 1.82. The van der Waals surface area contributed by atoms with Crippen LogP contribution in [-0.2, 0) is 0 Å². The predicted octanol–water partition coefficient (Wildman–Crippen LogP) is 0.926. The maximum atomic E-state index is 3.39. The number of alkyl halides is 1. The Morgan fingerprint density at radius 2 is 1.67 bits per heavy atom. The average molecular weight is 195 g/mol. The van der Waals surface area contributed by atoms with Gasteiger partial charge in [0, 0.05) is 5.33 Å². The number of rotatable bonds is 5. The molecule has 0 radical (unpaired) electrons. The van der Waals surface area contributed by atoms with Crippen molar-refractivity contribution in [3.63, 3.8) is 0 Å². The molecule has 0 fully saturated rings. The molecule has 3 heteroatoms. The maximum absolute atomic E-state index is 3.39. The smallest absolute Gasteiger partial charge is 0.0671 e. The lowest BCUT2D eigenvalue weighted by Crippen LogP contribution is -2.43. The van der Waals surface area contributed by atoms with E-state index in [9.17, 15) is 0 Å². The summed E-state index contributed by atoms with van der Waals surface area (Å²) in [4.78, 5) is 0. The van der Waals surface area contributed by atoms with Crippen LogP contribution in [0.3, 0.4) is 0 Å². The van der Waals surface area contributed by atoms with E-state index in [1.165, 1.54) is 0 Å². The van der Waals surface area contributed by atoms with E-state index in [1.54, 1.807) is 0 Å². The molecule has 0 atom stereocenters. The summed E-state index contributed by atoms with van der Waals surface area (Å²) in [7, 11) is 0. The summed E-state index contributed by atoms with van der Waals surface area (Å²) in [6.07, 6.45) is 0.431. The molecule has 0 heterocycles. The third-order valence-corrected chi connectivity index (χ3v) is 1.70.